The lowest BCUT2D eigenvalue weighted by molar-refractivity contribution is 0.417. The minimum atomic E-state index is -0.0933. The molecule has 0 saturated heterocycles. The molecule has 0 spiro atoms. The van der Waals surface area contributed by atoms with Crippen molar-refractivity contribution in [3.05, 3.63) is 28.1 Å². The fourth-order valence-corrected chi connectivity index (χ4v) is 2.42. The quantitative estimate of drug-likeness (QED) is 0.636. The van der Waals surface area contributed by atoms with Gasteiger partial charge in [-0.15, -0.1) is 4.91 Å². The smallest absolute Gasteiger partial charge is 0.222 e. The zero-order valence-corrected chi connectivity index (χ0v) is 10.9. The highest BCUT2D eigenvalue weighted by molar-refractivity contribution is 6.36. The summed E-state index contributed by atoms with van der Waals surface area (Å²) in [5.41, 5.74) is 0.790. The monoisotopic (exact) mass is 266 g/mol. The Balaban J connectivity index is 2.55. The van der Waals surface area contributed by atoms with Crippen molar-refractivity contribution >= 4 is 28.2 Å². The first-order valence-corrected chi connectivity index (χ1v) is 6.41. The van der Waals surface area contributed by atoms with Gasteiger partial charge in [-0.05, 0) is 23.7 Å². The van der Waals surface area contributed by atoms with Crippen LogP contribution in [0.2, 0.25) is 5.02 Å². The fraction of sp³-hybridized carbons (Fsp3) is 0.385. The number of nitrogens with zero attached hydrogens (tertiary/aromatic N) is 2. The van der Waals surface area contributed by atoms with Gasteiger partial charge in [-0.25, -0.2) is 0 Å². The van der Waals surface area contributed by atoms with Crippen LogP contribution in [0.4, 0.5) is 5.69 Å². The molecular formula is C13H15ClN2O2. The number of halogens is 1. The maximum Gasteiger partial charge on any atom is 0.222 e. The maximum atomic E-state index is 10.9. The van der Waals surface area contributed by atoms with E-state index in [1.54, 1.807) is 16.7 Å². The van der Waals surface area contributed by atoms with E-state index in [0.29, 0.717) is 17.0 Å². The van der Waals surface area contributed by atoms with Crippen LogP contribution in [0.25, 0.3) is 10.9 Å². The van der Waals surface area contributed by atoms with Gasteiger partial charge in [0.05, 0.1) is 15.9 Å². The number of hydrogen-bond donors (Lipinski definition) is 1. The van der Waals surface area contributed by atoms with Crippen LogP contribution in [0.3, 0.4) is 0 Å². The van der Waals surface area contributed by atoms with E-state index in [0.717, 1.165) is 24.8 Å². The molecule has 0 aliphatic carbocycles. The van der Waals surface area contributed by atoms with Crippen molar-refractivity contribution in [3.8, 4) is 5.88 Å². The lowest BCUT2D eigenvalue weighted by atomic mass is 10.2. The SMILES string of the molecule is CCCCCn1c(O)c(N=O)c2c(Cl)cccc21. The van der Waals surface area contributed by atoms with Gasteiger partial charge in [-0.1, -0.05) is 37.4 Å². The van der Waals surface area contributed by atoms with Gasteiger partial charge in [0.25, 0.3) is 0 Å². The van der Waals surface area contributed by atoms with E-state index in [1.807, 2.05) is 6.07 Å². The molecule has 0 bridgehead atoms. The summed E-state index contributed by atoms with van der Waals surface area (Å²) in [5, 5.41) is 13.9. The molecule has 5 heteroatoms. The summed E-state index contributed by atoms with van der Waals surface area (Å²) in [5.74, 6) is -0.0933. The molecule has 0 aliphatic rings. The van der Waals surface area contributed by atoms with Crippen molar-refractivity contribution in [1.82, 2.24) is 4.57 Å². The summed E-state index contributed by atoms with van der Waals surface area (Å²) in [4.78, 5) is 10.9. The topological polar surface area (TPSA) is 54.6 Å². The summed E-state index contributed by atoms with van der Waals surface area (Å²) >= 11 is 6.06. The predicted octanol–water partition coefficient (Wildman–Crippen LogP) is 4.59. The number of hydrogen-bond acceptors (Lipinski definition) is 3. The third-order valence-corrected chi connectivity index (χ3v) is 3.38. The second kappa shape index (κ2) is 5.40. The molecule has 2 rings (SSSR count). The lowest BCUT2D eigenvalue weighted by Gasteiger charge is -2.06. The van der Waals surface area contributed by atoms with E-state index in [1.165, 1.54) is 0 Å². The molecule has 4 nitrogen and oxygen atoms in total. The van der Waals surface area contributed by atoms with Gasteiger partial charge >= 0.3 is 0 Å². The van der Waals surface area contributed by atoms with Gasteiger partial charge in [0.2, 0.25) is 5.88 Å². The first-order valence-electron chi connectivity index (χ1n) is 6.03. The zero-order valence-electron chi connectivity index (χ0n) is 10.2. The number of aryl methyl sites for hydroxylation is 1. The molecule has 1 aromatic carbocycles. The molecule has 0 fully saturated rings. The summed E-state index contributed by atoms with van der Waals surface area (Å²) in [6, 6.07) is 5.32. The lowest BCUT2D eigenvalue weighted by Crippen LogP contribution is -1.96. The van der Waals surface area contributed by atoms with Crippen LogP contribution in [-0.2, 0) is 6.54 Å². The van der Waals surface area contributed by atoms with Crippen LogP contribution in [-0.4, -0.2) is 9.67 Å². The van der Waals surface area contributed by atoms with Gasteiger partial charge in [-0.3, -0.25) is 0 Å². The third kappa shape index (κ3) is 2.08. The minimum Gasteiger partial charge on any atom is -0.493 e. The van der Waals surface area contributed by atoms with Crippen molar-refractivity contribution in [2.75, 3.05) is 0 Å². The number of nitroso groups, excluding NO2 is 1. The first kappa shape index (κ1) is 12.9. The molecule has 0 aliphatic heterocycles. The van der Waals surface area contributed by atoms with Crippen molar-refractivity contribution < 1.29 is 5.11 Å². The standard InChI is InChI=1S/C13H15ClN2O2/c1-2-3-4-8-16-10-7-5-6-9(14)11(10)12(15-18)13(16)17/h5-7,17H,2-4,8H2,1H3. The summed E-state index contributed by atoms with van der Waals surface area (Å²) in [7, 11) is 0. The van der Waals surface area contributed by atoms with E-state index in [-0.39, 0.29) is 11.6 Å². The number of aromatic hydroxyl groups is 1. The largest absolute Gasteiger partial charge is 0.493 e. The van der Waals surface area contributed by atoms with E-state index < -0.39 is 0 Å². The summed E-state index contributed by atoms with van der Waals surface area (Å²) in [6.07, 6.45) is 3.11. The summed E-state index contributed by atoms with van der Waals surface area (Å²) in [6.45, 7) is 2.77. The van der Waals surface area contributed by atoms with Crippen LogP contribution in [0.5, 0.6) is 5.88 Å². The van der Waals surface area contributed by atoms with Gasteiger partial charge in [-0.2, -0.15) is 0 Å². The van der Waals surface area contributed by atoms with Crippen molar-refractivity contribution in [2.24, 2.45) is 5.18 Å². The number of unbranched alkanes of at least 4 members (excludes halogenated alkanes) is 2. The van der Waals surface area contributed by atoms with E-state index >= 15 is 0 Å². The third-order valence-electron chi connectivity index (χ3n) is 3.06. The van der Waals surface area contributed by atoms with Gasteiger partial charge in [0, 0.05) is 6.54 Å². The molecule has 0 atom stereocenters. The molecular weight excluding hydrogens is 252 g/mol. The number of aromatic nitrogens is 1. The zero-order chi connectivity index (χ0) is 13.1. The fourth-order valence-electron chi connectivity index (χ4n) is 2.16. The maximum absolute atomic E-state index is 10.9. The Bertz CT molecular complexity index is 578. The summed E-state index contributed by atoms with van der Waals surface area (Å²) < 4.78 is 1.70. The van der Waals surface area contributed by atoms with Crippen LogP contribution in [0, 0.1) is 4.91 Å². The molecule has 1 aromatic heterocycles. The molecule has 1 N–H and O–H groups in total. The average Bonchev–Trinajstić information content (AvgIpc) is 2.64. The van der Waals surface area contributed by atoms with Crippen LogP contribution >= 0.6 is 11.6 Å². The predicted molar refractivity (Wildman–Crippen MR) is 73.6 cm³/mol. The van der Waals surface area contributed by atoms with E-state index in [2.05, 4.69) is 12.1 Å². The highest BCUT2D eigenvalue weighted by Gasteiger charge is 2.19. The first-order chi connectivity index (χ1) is 8.70. The minimum absolute atomic E-state index is 0.0344. The molecule has 0 saturated carbocycles. The van der Waals surface area contributed by atoms with Crippen LogP contribution in [0.1, 0.15) is 26.2 Å². The normalized spacial score (nSPS) is 11.0. The number of benzene rings is 1. The van der Waals surface area contributed by atoms with Crippen LogP contribution < -0.4 is 0 Å². The van der Waals surface area contributed by atoms with E-state index in [4.69, 9.17) is 11.6 Å². The number of fused-ring (bicyclic) bond motifs is 1. The molecule has 2 aromatic rings. The van der Waals surface area contributed by atoms with Crippen molar-refractivity contribution in [1.29, 1.82) is 0 Å². The number of rotatable bonds is 5. The molecule has 18 heavy (non-hydrogen) atoms. The second-order valence-corrected chi connectivity index (χ2v) is 4.66. The van der Waals surface area contributed by atoms with Gasteiger partial charge < -0.3 is 9.67 Å². The molecule has 0 unspecified atom stereocenters. The highest BCUT2D eigenvalue weighted by atomic mass is 35.5. The van der Waals surface area contributed by atoms with Crippen molar-refractivity contribution in [2.45, 2.75) is 32.7 Å². The Morgan fingerprint density at radius 2 is 2.17 bits per heavy atom. The molecule has 96 valence electrons. The Morgan fingerprint density at radius 3 is 2.83 bits per heavy atom. The van der Waals surface area contributed by atoms with Crippen molar-refractivity contribution in [3.63, 3.8) is 0 Å². The molecule has 1 heterocycles. The van der Waals surface area contributed by atoms with Crippen LogP contribution in [0.15, 0.2) is 23.4 Å². The molecule has 0 radical (unpaired) electrons. The highest BCUT2D eigenvalue weighted by Crippen LogP contribution is 2.42. The second-order valence-electron chi connectivity index (χ2n) is 4.26. The molecule has 0 amide bonds. The van der Waals surface area contributed by atoms with Gasteiger partial charge in [0.1, 0.15) is 0 Å². The van der Waals surface area contributed by atoms with Gasteiger partial charge in [0.15, 0.2) is 5.69 Å². The Kier molecular flexibility index (Phi) is 3.87. The Hall–Kier alpha value is -1.55. The Labute approximate surface area is 110 Å². The average molecular weight is 267 g/mol. The Morgan fingerprint density at radius 1 is 1.39 bits per heavy atom. The van der Waals surface area contributed by atoms with E-state index in [9.17, 15) is 10.0 Å².